The van der Waals surface area contributed by atoms with Crippen molar-refractivity contribution in [2.75, 3.05) is 0 Å². The van der Waals surface area contributed by atoms with Gasteiger partial charge in [-0.25, -0.2) is 0 Å². The van der Waals surface area contributed by atoms with E-state index in [0.29, 0.717) is 11.5 Å². The molecule has 2 aliphatic rings. The van der Waals surface area contributed by atoms with Gasteiger partial charge in [0, 0.05) is 11.5 Å². The summed E-state index contributed by atoms with van der Waals surface area (Å²) in [6, 6.07) is 9.52. The number of hydrogen-bond acceptors (Lipinski definition) is 1. The summed E-state index contributed by atoms with van der Waals surface area (Å²) in [5.74, 6) is 0.783. The summed E-state index contributed by atoms with van der Waals surface area (Å²) in [5.41, 5.74) is 9.45. The van der Waals surface area contributed by atoms with Gasteiger partial charge >= 0.3 is 0 Å². The average molecular weight is 224 g/mol. The summed E-state index contributed by atoms with van der Waals surface area (Å²) in [6.45, 7) is 2.15. The zero-order valence-electron chi connectivity index (χ0n) is 9.07. The van der Waals surface area contributed by atoms with Crippen molar-refractivity contribution in [2.24, 2.45) is 11.7 Å². The summed E-state index contributed by atoms with van der Waals surface area (Å²) in [4.78, 5) is 0. The van der Waals surface area contributed by atoms with E-state index in [9.17, 15) is 0 Å². The Balaban J connectivity index is 0.000000853. The molecule has 1 nitrogen and oxygen atoms in total. The van der Waals surface area contributed by atoms with Crippen LogP contribution in [0, 0.1) is 12.8 Å². The van der Waals surface area contributed by atoms with Crippen molar-refractivity contribution in [1.29, 1.82) is 0 Å². The van der Waals surface area contributed by atoms with Crippen LogP contribution in [0.25, 0.3) is 0 Å². The molecule has 2 heteroatoms. The lowest BCUT2D eigenvalue weighted by Gasteiger charge is -2.11. The second-order valence-electron chi connectivity index (χ2n) is 5.04. The highest BCUT2D eigenvalue weighted by atomic mass is 35.5. The fourth-order valence-corrected chi connectivity index (χ4v) is 3.17. The molecule has 3 unspecified atom stereocenters. The highest BCUT2D eigenvalue weighted by Crippen LogP contribution is 2.63. The van der Waals surface area contributed by atoms with Gasteiger partial charge in [-0.15, -0.1) is 12.4 Å². The molecule has 2 aliphatic carbocycles. The van der Waals surface area contributed by atoms with Crippen LogP contribution >= 0.6 is 12.4 Å². The van der Waals surface area contributed by atoms with Gasteiger partial charge in [0.1, 0.15) is 0 Å². The third kappa shape index (κ3) is 1.49. The monoisotopic (exact) mass is 223 g/mol. The third-order valence-electron chi connectivity index (χ3n) is 4.20. The maximum Gasteiger partial charge on any atom is 0.00763 e. The average Bonchev–Trinajstić information content (AvgIpc) is 2.84. The standard InChI is InChI=1S/C13H17N.ClH/c1-9-2-4-10(5-3-9)13-7-6-12(14)11(13)8-13;/h2-5,11-12H,6-8,14H2,1H3;1H. The fraction of sp³-hybridized carbons (Fsp3) is 0.538. The Morgan fingerprint density at radius 2 is 1.93 bits per heavy atom. The van der Waals surface area contributed by atoms with Crippen molar-refractivity contribution >= 4 is 12.4 Å². The molecule has 0 saturated heterocycles. The minimum atomic E-state index is 0. The van der Waals surface area contributed by atoms with Crippen LogP contribution in [0.5, 0.6) is 0 Å². The molecule has 0 aromatic heterocycles. The molecular formula is C13H18ClN. The summed E-state index contributed by atoms with van der Waals surface area (Å²) in [5, 5.41) is 0. The molecule has 0 amide bonds. The Kier molecular flexibility index (Phi) is 2.56. The summed E-state index contributed by atoms with van der Waals surface area (Å²) < 4.78 is 0. The molecule has 0 radical (unpaired) electrons. The Labute approximate surface area is 97.5 Å². The maximum atomic E-state index is 6.07. The number of hydrogen-bond donors (Lipinski definition) is 1. The van der Waals surface area contributed by atoms with Gasteiger partial charge in [0.05, 0.1) is 0 Å². The van der Waals surface area contributed by atoms with E-state index in [1.54, 1.807) is 0 Å². The molecular weight excluding hydrogens is 206 g/mol. The molecule has 0 aliphatic heterocycles. The van der Waals surface area contributed by atoms with Crippen LogP contribution in [-0.4, -0.2) is 6.04 Å². The van der Waals surface area contributed by atoms with Crippen molar-refractivity contribution in [3.63, 3.8) is 0 Å². The predicted molar refractivity (Wildman–Crippen MR) is 65.4 cm³/mol. The van der Waals surface area contributed by atoms with E-state index in [0.717, 1.165) is 5.92 Å². The smallest absolute Gasteiger partial charge is 0.00763 e. The molecule has 0 bridgehead atoms. The van der Waals surface area contributed by atoms with Crippen LogP contribution < -0.4 is 5.73 Å². The molecule has 0 spiro atoms. The van der Waals surface area contributed by atoms with E-state index in [4.69, 9.17) is 5.73 Å². The van der Waals surface area contributed by atoms with Gasteiger partial charge in [-0.05, 0) is 37.7 Å². The number of aryl methyl sites for hydroxylation is 1. The Morgan fingerprint density at radius 1 is 1.27 bits per heavy atom. The molecule has 3 atom stereocenters. The molecule has 2 fully saturated rings. The van der Waals surface area contributed by atoms with Gasteiger partial charge in [-0.1, -0.05) is 29.8 Å². The normalized spacial score (nSPS) is 36.9. The third-order valence-corrected chi connectivity index (χ3v) is 4.20. The van der Waals surface area contributed by atoms with Crippen molar-refractivity contribution in [1.82, 2.24) is 0 Å². The molecule has 2 saturated carbocycles. The lowest BCUT2D eigenvalue weighted by Crippen LogP contribution is -2.19. The quantitative estimate of drug-likeness (QED) is 0.779. The molecule has 1 aromatic carbocycles. The number of halogens is 1. The Hall–Kier alpha value is -0.530. The molecule has 3 rings (SSSR count). The van der Waals surface area contributed by atoms with Gasteiger partial charge < -0.3 is 5.73 Å². The van der Waals surface area contributed by atoms with Gasteiger partial charge in [0.15, 0.2) is 0 Å². The second kappa shape index (κ2) is 3.50. The van der Waals surface area contributed by atoms with Crippen LogP contribution in [0.3, 0.4) is 0 Å². The number of rotatable bonds is 1. The van der Waals surface area contributed by atoms with Crippen molar-refractivity contribution in [3.05, 3.63) is 35.4 Å². The molecule has 0 heterocycles. The highest BCUT2D eigenvalue weighted by molar-refractivity contribution is 5.85. The molecule has 15 heavy (non-hydrogen) atoms. The fourth-order valence-electron chi connectivity index (χ4n) is 3.17. The first-order valence-electron chi connectivity index (χ1n) is 5.55. The Bertz CT molecular complexity index is 359. The van der Waals surface area contributed by atoms with Gasteiger partial charge in [0.2, 0.25) is 0 Å². The molecule has 2 N–H and O–H groups in total. The summed E-state index contributed by atoms with van der Waals surface area (Å²) >= 11 is 0. The van der Waals surface area contributed by atoms with Crippen molar-refractivity contribution < 1.29 is 0 Å². The molecule has 82 valence electrons. The van der Waals surface area contributed by atoms with Crippen molar-refractivity contribution in [3.8, 4) is 0 Å². The lowest BCUT2D eigenvalue weighted by molar-refractivity contribution is 0.613. The zero-order chi connectivity index (χ0) is 9.76. The van der Waals surface area contributed by atoms with Gasteiger partial charge in [-0.2, -0.15) is 0 Å². The maximum absolute atomic E-state index is 6.07. The predicted octanol–water partition coefficient (Wildman–Crippen LogP) is 2.80. The van der Waals surface area contributed by atoms with Crippen LogP contribution in [0.2, 0.25) is 0 Å². The van der Waals surface area contributed by atoms with Crippen LogP contribution in [-0.2, 0) is 5.41 Å². The van der Waals surface area contributed by atoms with E-state index < -0.39 is 0 Å². The van der Waals surface area contributed by atoms with E-state index in [-0.39, 0.29) is 12.4 Å². The Morgan fingerprint density at radius 3 is 2.40 bits per heavy atom. The first-order valence-corrected chi connectivity index (χ1v) is 5.55. The van der Waals surface area contributed by atoms with Crippen LogP contribution in [0.1, 0.15) is 30.4 Å². The first kappa shape index (κ1) is 11.0. The number of nitrogens with two attached hydrogens (primary N) is 1. The number of fused-ring (bicyclic) bond motifs is 1. The van der Waals surface area contributed by atoms with E-state index in [2.05, 4.69) is 31.2 Å². The zero-order valence-corrected chi connectivity index (χ0v) is 9.89. The highest BCUT2D eigenvalue weighted by Gasteiger charge is 2.61. The number of benzene rings is 1. The topological polar surface area (TPSA) is 26.0 Å². The largest absolute Gasteiger partial charge is 0.327 e. The van der Waals surface area contributed by atoms with E-state index in [1.807, 2.05) is 0 Å². The second-order valence-corrected chi connectivity index (χ2v) is 5.04. The lowest BCUT2D eigenvalue weighted by atomic mass is 9.93. The van der Waals surface area contributed by atoms with Crippen molar-refractivity contribution in [2.45, 2.75) is 37.6 Å². The van der Waals surface area contributed by atoms with Crippen LogP contribution in [0.15, 0.2) is 24.3 Å². The van der Waals surface area contributed by atoms with E-state index in [1.165, 1.54) is 30.4 Å². The molecule has 1 aromatic rings. The first-order chi connectivity index (χ1) is 6.72. The van der Waals surface area contributed by atoms with Gasteiger partial charge in [-0.3, -0.25) is 0 Å². The van der Waals surface area contributed by atoms with E-state index >= 15 is 0 Å². The minimum absolute atomic E-state index is 0. The van der Waals surface area contributed by atoms with Gasteiger partial charge in [0.25, 0.3) is 0 Å². The summed E-state index contributed by atoms with van der Waals surface area (Å²) in [6.07, 6.45) is 3.86. The minimum Gasteiger partial charge on any atom is -0.327 e. The summed E-state index contributed by atoms with van der Waals surface area (Å²) in [7, 11) is 0. The SMILES string of the molecule is Cc1ccc(C23CCC(N)C2C3)cc1.Cl. The van der Waals surface area contributed by atoms with Crippen LogP contribution in [0.4, 0.5) is 0 Å².